The van der Waals surface area contributed by atoms with E-state index < -0.39 is 11.9 Å². The molecular weight excluding hydrogens is 300 g/mol. The first-order chi connectivity index (χ1) is 9.38. The van der Waals surface area contributed by atoms with Gasteiger partial charge >= 0.3 is 5.97 Å². The van der Waals surface area contributed by atoms with Gasteiger partial charge in [-0.3, -0.25) is 4.79 Å². The van der Waals surface area contributed by atoms with E-state index in [4.69, 9.17) is 16.7 Å². The number of halogens is 1. The fourth-order valence-electron chi connectivity index (χ4n) is 1.73. The molecule has 0 atom stereocenters. The van der Waals surface area contributed by atoms with Crippen molar-refractivity contribution in [3.8, 4) is 0 Å². The standard InChI is InChI=1S/C13H11ClN2O3S/c1-6-11(20-7(2)15-6)12(17)16-10-5-8(14)3-4-9(10)13(18)19/h3-5H,1-2H3,(H,16,17)(H,18,19). The van der Waals surface area contributed by atoms with Crippen molar-refractivity contribution in [1.82, 2.24) is 4.98 Å². The second-order valence-corrected chi connectivity index (χ2v) is 5.74. The first kappa shape index (κ1) is 14.5. The molecule has 2 N–H and O–H groups in total. The average molecular weight is 311 g/mol. The molecule has 2 aromatic rings. The van der Waals surface area contributed by atoms with Crippen LogP contribution in [0.3, 0.4) is 0 Å². The Morgan fingerprint density at radius 1 is 1.35 bits per heavy atom. The number of carbonyl (C=O) groups excluding carboxylic acids is 1. The lowest BCUT2D eigenvalue weighted by molar-refractivity contribution is 0.0698. The van der Waals surface area contributed by atoms with E-state index in [0.29, 0.717) is 15.6 Å². The minimum absolute atomic E-state index is 0.0124. The molecule has 0 fully saturated rings. The normalized spacial score (nSPS) is 10.3. The zero-order chi connectivity index (χ0) is 14.9. The van der Waals surface area contributed by atoms with Gasteiger partial charge in [0.05, 0.1) is 22.0 Å². The molecule has 7 heteroatoms. The van der Waals surface area contributed by atoms with Gasteiger partial charge in [0.2, 0.25) is 0 Å². The third kappa shape index (κ3) is 2.97. The number of amides is 1. The molecule has 0 bridgehead atoms. The maximum absolute atomic E-state index is 12.2. The summed E-state index contributed by atoms with van der Waals surface area (Å²) in [6, 6.07) is 4.22. The number of aromatic nitrogens is 1. The molecule has 0 aliphatic carbocycles. The topological polar surface area (TPSA) is 79.3 Å². The number of carboxylic acids is 1. The Hall–Kier alpha value is -1.92. The van der Waals surface area contributed by atoms with Gasteiger partial charge in [0.1, 0.15) is 4.88 Å². The fraction of sp³-hybridized carbons (Fsp3) is 0.154. The summed E-state index contributed by atoms with van der Waals surface area (Å²) < 4.78 is 0. The molecule has 20 heavy (non-hydrogen) atoms. The summed E-state index contributed by atoms with van der Waals surface area (Å²) in [6.45, 7) is 3.53. The summed E-state index contributed by atoms with van der Waals surface area (Å²) in [5.41, 5.74) is 0.769. The highest BCUT2D eigenvalue weighted by Crippen LogP contribution is 2.24. The van der Waals surface area contributed by atoms with Crippen LogP contribution in [-0.2, 0) is 0 Å². The third-order valence-electron chi connectivity index (χ3n) is 2.57. The summed E-state index contributed by atoms with van der Waals surface area (Å²) in [5, 5.41) is 12.8. The van der Waals surface area contributed by atoms with Crippen LogP contribution in [0.5, 0.6) is 0 Å². The monoisotopic (exact) mass is 310 g/mol. The third-order valence-corrected chi connectivity index (χ3v) is 3.88. The van der Waals surface area contributed by atoms with Gasteiger partial charge in [-0.2, -0.15) is 0 Å². The molecule has 0 spiro atoms. The Labute approximate surface area is 124 Å². The molecule has 1 heterocycles. The van der Waals surface area contributed by atoms with Gasteiger partial charge in [-0.15, -0.1) is 11.3 Å². The van der Waals surface area contributed by atoms with Crippen LogP contribution in [0.2, 0.25) is 5.02 Å². The number of anilines is 1. The van der Waals surface area contributed by atoms with Crippen molar-refractivity contribution in [2.75, 3.05) is 5.32 Å². The number of carbonyl (C=O) groups is 2. The lowest BCUT2D eigenvalue weighted by Crippen LogP contribution is -2.14. The van der Waals surface area contributed by atoms with E-state index in [1.807, 2.05) is 0 Å². The van der Waals surface area contributed by atoms with Crippen molar-refractivity contribution < 1.29 is 14.7 Å². The van der Waals surface area contributed by atoms with Crippen molar-refractivity contribution in [2.45, 2.75) is 13.8 Å². The number of aryl methyl sites for hydroxylation is 2. The van der Waals surface area contributed by atoms with Crippen LogP contribution in [-0.4, -0.2) is 22.0 Å². The van der Waals surface area contributed by atoms with Gasteiger partial charge in [0.25, 0.3) is 5.91 Å². The molecule has 0 aliphatic rings. The van der Waals surface area contributed by atoms with Crippen LogP contribution in [0.1, 0.15) is 30.7 Å². The van der Waals surface area contributed by atoms with E-state index in [2.05, 4.69) is 10.3 Å². The molecule has 104 valence electrons. The number of nitrogens with zero attached hydrogens (tertiary/aromatic N) is 1. The molecule has 2 rings (SSSR count). The number of rotatable bonds is 3. The molecule has 0 aliphatic heterocycles. The van der Waals surface area contributed by atoms with Crippen molar-refractivity contribution in [1.29, 1.82) is 0 Å². The summed E-state index contributed by atoms with van der Waals surface area (Å²) in [7, 11) is 0. The van der Waals surface area contributed by atoms with Crippen molar-refractivity contribution >= 4 is 40.5 Å². The summed E-state index contributed by atoms with van der Waals surface area (Å²) in [6.07, 6.45) is 0. The van der Waals surface area contributed by atoms with E-state index in [1.165, 1.54) is 29.5 Å². The number of nitrogens with one attached hydrogen (secondary N) is 1. The van der Waals surface area contributed by atoms with Crippen LogP contribution in [0, 0.1) is 13.8 Å². The second kappa shape index (κ2) is 5.60. The maximum Gasteiger partial charge on any atom is 0.337 e. The minimum Gasteiger partial charge on any atom is -0.478 e. The van der Waals surface area contributed by atoms with E-state index in [9.17, 15) is 9.59 Å². The molecule has 1 aromatic carbocycles. The highest BCUT2D eigenvalue weighted by Gasteiger charge is 2.17. The molecule has 5 nitrogen and oxygen atoms in total. The van der Waals surface area contributed by atoms with Gasteiger partial charge in [-0.05, 0) is 32.0 Å². The largest absolute Gasteiger partial charge is 0.478 e. The number of benzene rings is 1. The van der Waals surface area contributed by atoms with E-state index >= 15 is 0 Å². The lowest BCUT2D eigenvalue weighted by atomic mass is 10.1. The van der Waals surface area contributed by atoms with Crippen LogP contribution in [0.25, 0.3) is 0 Å². The van der Waals surface area contributed by atoms with Crippen molar-refractivity contribution in [2.24, 2.45) is 0 Å². The molecule has 0 radical (unpaired) electrons. The number of aromatic carboxylic acids is 1. The Balaban J connectivity index is 2.34. The molecule has 1 amide bonds. The van der Waals surface area contributed by atoms with Gasteiger partial charge in [0, 0.05) is 5.02 Å². The summed E-state index contributed by atoms with van der Waals surface area (Å²) in [5.74, 6) is -1.52. The quantitative estimate of drug-likeness (QED) is 0.911. The van der Waals surface area contributed by atoms with Crippen LogP contribution < -0.4 is 5.32 Å². The highest BCUT2D eigenvalue weighted by atomic mass is 35.5. The number of hydrogen-bond acceptors (Lipinski definition) is 4. The van der Waals surface area contributed by atoms with Crippen LogP contribution in [0.4, 0.5) is 5.69 Å². The smallest absolute Gasteiger partial charge is 0.337 e. The lowest BCUT2D eigenvalue weighted by Gasteiger charge is -2.08. The Kier molecular flexibility index (Phi) is 4.06. The highest BCUT2D eigenvalue weighted by molar-refractivity contribution is 7.13. The first-order valence-electron chi connectivity index (χ1n) is 5.66. The SMILES string of the molecule is Cc1nc(C)c(C(=O)Nc2cc(Cl)ccc2C(=O)O)s1. The molecular formula is C13H11ClN2O3S. The van der Waals surface area contributed by atoms with Gasteiger partial charge in [-0.25, -0.2) is 9.78 Å². The molecule has 0 saturated carbocycles. The number of carboxylic acid groups (broad SMARTS) is 1. The zero-order valence-electron chi connectivity index (χ0n) is 10.7. The van der Waals surface area contributed by atoms with Gasteiger partial charge < -0.3 is 10.4 Å². The van der Waals surface area contributed by atoms with E-state index in [0.717, 1.165) is 5.01 Å². The van der Waals surface area contributed by atoms with Gasteiger partial charge in [-0.1, -0.05) is 11.6 Å². The second-order valence-electron chi connectivity index (χ2n) is 4.10. The summed E-state index contributed by atoms with van der Waals surface area (Å²) >= 11 is 7.09. The van der Waals surface area contributed by atoms with Crippen LogP contribution in [0.15, 0.2) is 18.2 Å². The molecule has 1 aromatic heterocycles. The Bertz CT molecular complexity index is 697. The predicted octanol–water partition coefficient (Wildman–Crippen LogP) is 3.36. The Morgan fingerprint density at radius 3 is 2.60 bits per heavy atom. The molecule has 0 unspecified atom stereocenters. The molecule has 0 saturated heterocycles. The Morgan fingerprint density at radius 2 is 2.05 bits per heavy atom. The minimum atomic E-state index is -1.13. The number of thiazole rings is 1. The van der Waals surface area contributed by atoms with Gasteiger partial charge in [0.15, 0.2) is 0 Å². The van der Waals surface area contributed by atoms with E-state index in [1.54, 1.807) is 13.8 Å². The maximum atomic E-state index is 12.2. The first-order valence-corrected chi connectivity index (χ1v) is 6.86. The zero-order valence-corrected chi connectivity index (χ0v) is 12.3. The fourth-order valence-corrected chi connectivity index (χ4v) is 2.71. The van der Waals surface area contributed by atoms with Crippen molar-refractivity contribution in [3.05, 3.63) is 44.4 Å². The van der Waals surface area contributed by atoms with Crippen LogP contribution >= 0.6 is 22.9 Å². The van der Waals surface area contributed by atoms with E-state index in [-0.39, 0.29) is 11.3 Å². The predicted molar refractivity (Wildman–Crippen MR) is 78.0 cm³/mol. The van der Waals surface area contributed by atoms with Crippen molar-refractivity contribution in [3.63, 3.8) is 0 Å². The average Bonchev–Trinajstić information content (AvgIpc) is 2.68. The number of hydrogen-bond donors (Lipinski definition) is 2. The summed E-state index contributed by atoms with van der Waals surface area (Å²) in [4.78, 5) is 27.9.